The zero-order valence-corrected chi connectivity index (χ0v) is 19.8. The monoisotopic (exact) mass is 468 g/mol. The standard InChI is InChI=1S/C24H32N6O4/c1-3-4-13-33-22-27-20(25)19-21(28-22)30(23(26-19)32-2)15-18-11-8-12-29(14-18)24(31)34-16-17-9-6-5-7-10-17/h5-7,9-10,18H,3-4,8,11-16H2,1-2H3,(H2,25,27,28). The number of carbonyl (C=O) groups excluding carboxylic acids is 1. The molecule has 1 saturated heterocycles. The van der Waals surface area contributed by atoms with Gasteiger partial charge in [-0.25, -0.2) is 4.79 Å². The predicted octanol–water partition coefficient (Wildman–Crippen LogP) is 3.64. The van der Waals surface area contributed by atoms with Gasteiger partial charge in [-0.2, -0.15) is 15.0 Å². The van der Waals surface area contributed by atoms with Crippen molar-refractivity contribution in [2.75, 3.05) is 32.5 Å². The van der Waals surface area contributed by atoms with Crippen LogP contribution in [0.2, 0.25) is 0 Å². The Morgan fingerprint density at radius 1 is 1.21 bits per heavy atom. The molecule has 1 aliphatic heterocycles. The number of nitrogens with two attached hydrogens (primary N) is 1. The first-order chi connectivity index (χ1) is 16.6. The van der Waals surface area contributed by atoms with Gasteiger partial charge in [-0.15, -0.1) is 0 Å². The SMILES string of the molecule is CCCCOc1nc(N)c2nc(OC)n(CC3CCCN(C(=O)OCc4ccccc4)C3)c2n1. The number of benzene rings is 1. The van der Waals surface area contributed by atoms with E-state index < -0.39 is 0 Å². The summed E-state index contributed by atoms with van der Waals surface area (Å²) in [6.45, 7) is 4.71. The molecule has 3 aromatic rings. The maximum atomic E-state index is 12.7. The van der Waals surface area contributed by atoms with Crippen LogP contribution in [-0.4, -0.2) is 57.3 Å². The molecule has 1 unspecified atom stereocenters. The first-order valence-electron chi connectivity index (χ1n) is 11.7. The average molecular weight is 469 g/mol. The van der Waals surface area contributed by atoms with Crippen LogP contribution < -0.4 is 15.2 Å². The molecule has 2 N–H and O–H groups in total. The molecule has 0 bridgehead atoms. The summed E-state index contributed by atoms with van der Waals surface area (Å²) >= 11 is 0. The number of likely N-dealkylation sites (tertiary alicyclic amines) is 1. The van der Waals surface area contributed by atoms with E-state index >= 15 is 0 Å². The van der Waals surface area contributed by atoms with Crippen LogP contribution in [0.5, 0.6) is 12.0 Å². The smallest absolute Gasteiger partial charge is 0.410 e. The molecule has 10 nitrogen and oxygen atoms in total. The summed E-state index contributed by atoms with van der Waals surface area (Å²) < 4.78 is 18.6. The van der Waals surface area contributed by atoms with E-state index in [1.54, 1.807) is 12.0 Å². The lowest BCUT2D eigenvalue weighted by Crippen LogP contribution is -2.41. The number of nitrogen functional groups attached to an aromatic ring is 1. The van der Waals surface area contributed by atoms with Gasteiger partial charge in [0.25, 0.3) is 6.01 Å². The van der Waals surface area contributed by atoms with Crippen molar-refractivity contribution in [2.24, 2.45) is 5.92 Å². The van der Waals surface area contributed by atoms with E-state index in [4.69, 9.17) is 19.9 Å². The van der Waals surface area contributed by atoms with E-state index in [1.165, 1.54) is 0 Å². The number of aromatic nitrogens is 4. The Balaban J connectivity index is 1.46. The molecule has 0 saturated carbocycles. The Morgan fingerprint density at radius 3 is 2.79 bits per heavy atom. The highest BCUT2D eigenvalue weighted by Crippen LogP contribution is 2.28. The van der Waals surface area contributed by atoms with Crippen LogP contribution in [0.4, 0.5) is 10.6 Å². The summed E-state index contributed by atoms with van der Waals surface area (Å²) in [5, 5.41) is 0. The maximum Gasteiger partial charge on any atom is 0.410 e. The highest BCUT2D eigenvalue weighted by atomic mass is 16.6. The summed E-state index contributed by atoms with van der Waals surface area (Å²) in [5.41, 5.74) is 8.16. The third kappa shape index (κ3) is 5.49. The van der Waals surface area contributed by atoms with Gasteiger partial charge in [0.1, 0.15) is 6.61 Å². The third-order valence-electron chi connectivity index (χ3n) is 5.90. The van der Waals surface area contributed by atoms with E-state index in [2.05, 4.69) is 21.9 Å². The van der Waals surface area contributed by atoms with Gasteiger partial charge in [-0.3, -0.25) is 4.57 Å². The van der Waals surface area contributed by atoms with Gasteiger partial charge in [0.15, 0.2) is 17.0 Å². The predicted molar refractivity (Wildman–Crippen MR) is 128 cm³/mol. The van der Waals surface area contributed by atoms with Crippen LogP contribution >= 0.6 is 0 Å². The number of anilines is 1. The molecule has 0 radical (unpaired) electrons. The van der Waals surface area contributed by atoms with Crippen molar-refractivity contribution < 1.29 is 19.0 Å². The molecule has 0 spiro atoms. The average Bonchev–Trinajstić information content (AvgIpc) is 3.21. The Labute approximate surface area is 199 Å². The van der Waals surface area contributed by atoms with Crippen LogP contribution in [0.3, 0.4) is 0 Å². The molecule has 4 rings (SSSR count). The van der Waals surface area contributed by atoms with E-state index in [0.29, 0.717) is 43.4 Å². The number of piperidine rings is 1. The van der Waals surface area contributed by atoms with Crippen molar-refractivity contribution in [1.29, 1.82) is 0 Å². The van der Waals surface area contributed by atoms with Gasteiger partial charge < -0.3 is 24.8 Å². The molecule has 182 valence electrons. The van der Waals surface area contributed by atoms with Crippen LogP contribution in [0, 0.1) is 5.92 Å². The Bertz CT molecular complexity index is 1100. The molecule has 1 atom stereocenters. The Morgan fingerprint density at radius 2 is 2.03 bits per heavy atom. The minimum absolute atomic E-state index is 0.185. The highest BCUT2D eigenvalue weighted by Gasteiger charge is 2.27. The van der Waals surface area contributed by atoms with Crippen molar-refractivity contribution in [3.63, 3.8) is 0 Å². The van der Waals surface area contributed by atoms with Gasteiger partial charge in [0, 0.05) is 19.6 Å². The van der Waals surface area contributed by atoms with Crippen LogP contribution in [0.25, 0.3) is 11.2 Å². The van der Waals surface area contributed by atoms with Crippen molar-refractivity contribution >= 4 is 23.1 Å². The van der Waals surface area contributed by atoms with Crippen LogP contribution in [0.1, 0.15) is 38.2 Å². The number of ether oxygens (including phenoxy) is 3. The minimum atomic E-state index is -0.297. The topological polar surface area (TPSA) is 118 Å². The van der Waals surface area contributed by atoms with Crippen LogP contribution in [0.15, 0.2) is 30.3 Å². The Kier molecular flexibility index (Phi) is 7.66. The molecule has 1 amide bonds. The number of nitrogens with zero attached hydrogens (tertiary/aromatic N) is 5. The number of rotatable bonds is 9. The first kappa shape index (κ1) is 23.6. The molecule has 3 heterocycles. The normalized spacial score (nSPS) is 15.9. The maximum absolute atomic E-state index is 12.7. The molecule has 0 aliphatic carbocycles. The van der Waals surface area contributed by atoms with E-state index in [0.717, 1.165) is 31.2 Å². The zero-order chi connectivity index (χ0) is 23.9. The lowest BCUT2D eigenvalue weighted by atomic mass is 9.98. The molecule has 10 heteroatoms. The Hall–Kier alpha value is -3.56. The number of amides is 1. The summed E-state index contributed by atoms with van der Waals surface area (Å²) in [6, 6.07) is 10.3. The van der Waals surface area contributed by atoms with E-state index in [-0.39, 0.29) is 30.4 Å². The molecule has 1 fully saturated rings. The minimum Gasteiger partial charge on any atom is -0.468 e. The van der Waals surface area contributed by atoms with Crippen molar-refractivity contribution in [3.8, 4) is 12.0 Å². The number of carbonyl (C=O) groups is 1. The van der Waals surface area contributed by atoms with Crippen molar-refractivity contribution in [3.05, 3.63) is 35.9 Å². The second-order valence-electron chi connectivity index (χ2n) is 8.47. The molecule has 1 aliphatic rings. The number of fused-ring (bicyclic) bond motifs is 1. The molecular weight excluding hydrogens is 436 g/mol. The lowest BCUT2D eigenvalue weighted by Gasteiger charge is -2.32. The number of unbranched alkanes of at least 4 members (excludes halogenated alkanes) is 1. The molecule has 1 aromatic carbocycles. The fourth-order valence-corrected chi connectivity index (χ4v) is 4.12. The van der Waals surface area contributed by atoms with E-state index in [1.807, 2.05) is 34.9 Å². The third-order valence-corrected chi connectivity index (χ3v) is 5.90. The molecule has 34 heavy (non-hydrogen) atoms. The van der Waals surface area contributed by atoms with E-state index in [9.17, 15) is 4.79 Å². The van der Waals surface area contributed by atoms with Gasteiger partial charge in [-0.05, 0) is 30.7 Å². The quantitative estimate of drug-likeness (QED) is 0.473. The summed E-state index contributed by atoms with van der Waals surface area (Å²) in [7, 11) is 1.56. The van der Waals surface area contributed by atoms with Crippen molar-refractivity contribution in [2.45, 2.75) is 45.8 Å². The van der Waals surface area contributed by atoms with Gasteiger partial charge in [-0.1, -0.05) is 43.7 Å². The fourth-order valence-electron chi connectivity index (χ4n) is 4.12. The highest BCUT2D eigenvalue weighted by molar-refractivity contribution is 5.83. The summed E-state index contributed by atoms with van der Waals surface area (Å²) in [4.78, 5) is 27.7. The largest absolute Gasteiger partial charge is 0.468 e. The molecular formula is C24H32N6O4. The lowest BCUT2D eigenvalue weighted by molar-refractivity contribution is 0.0767. The number of hydrogen-bond donors (Lipinski definition) is 1. The summed E-state index contributed by atoms with van der Waals surface area (Å²) in [5.74, 6) is 0.438. The second-order valence-corrected chi connectivity index (χ2v) is 8.47. The van der Waals surface area contributed by atoms with Crippen molar-refractivity contribution in [1.82, 2.24) is 24.4 Å². The van der Waals surface area contributed by atoms with Gasteiger partial charge >= 0.3 is 12.1 Å². The van der Waals surface area contributed by atoms with Gasteiger partial charge in [0.05, 0.1) is 13.7 Å². The summed E-state index contributed by atoms with van der Waals surface area (Å²) in [6.07, 6.45) is 3.47. The number of imidazole rings is 1. The van der Waals surface area contributed by atoms with Gasteiger partial charge in [0.2, 0.25) is 0 Å². The zero-order valence-electron chi connectivity index (χ0n) is 19.8. The second kappa shape index (κ2) is 11.0. The molecule has 2 aromatic heterocycles. The fraction of sp³-hybridized carbons (Fsp3) is 0.500. The van der Waals surface area contributed by atoms with Crippen LogP contribution in [-0.2, 0) is 17.9 Å². The number of methoxy groups -OCH3 is 1. The first-order valence-corrected chi connectivity index (χ1v) is 11.7. The number of hydrogen-bond acceptors (Lipinski definition) is 8.